The lowest BCUT2D eigenvalue weighted by molar-refractivity contribution is 0.486. The number of hydrogen-bond acceptors (Lipinski definition) is 4. The quantitative estimate of drug-likeness (QED) is 0.271. The number of hydrogen-bond donors (Lipinski definition) is 2. The minimum Gasteiger partial charge on any atom is -0.357 e. The SMILES string of the molecule is CCNC(=NCCNS(C)(=O)=O)N1CCC(c2cnn(C)c2)C1.I. The second-order valence-corrected chi connectivity index (χ2v) is 7.61. The van der Waals surface area contributed by atoms with Gasteiger partial charge in [0.25, 0.3) is 0 Å². The first-order valence-corrected chi connectivity index (χ1v) is 9.74. The molecule has 0 amide bonds. The summed E-state index contributed by atoms with van der Waals surface area (Å²) < 4.78 is 26.4. The van der Waals surface area contributed by atoms with E-state index in [4.69, 9.17) is 0 Å². The summed E-state index contributed by atoms with van der Waals surface area (Å²) in [5.41, 5.74) is 1.25. The largest absolute Gasteiger partial charge is 0.357 e. The van der Waals surface area contributed by atoms with Crippen LogP contribution in [0.1, 0.15) is 24.8 Å². The molecule has 1 aliphatic heterocycles. The third-order valence-corrected chi connectivity index (χ3v) is 4.49. The topological polar surface area (TPSA) is 91.6 Å². The van der Waals surface area contributed by atoms with E-state index >= 15 is 0 Å². The number of sulfonamides is 1. The molecular weight excluding hydrogens is 443 g/mol. The zero-order valence-corrected chi connectivity index (χ0v) is 17.5. The van der Waals surface area contributed by atoms with Crippen molar-refractivity contribution >= 4 is 40.0 Å². The van der Waals surface area contributed by atoms with Crippen LogP contribution in [0.15, 0.2) is 17.4 Å². The Balaban J connectivity index is 0.00000288. The minimum atomic E-state index is -3.16. The van der Waals surface area contributed by atoms with Crippen molar-refractivity contribution in [1.29, 1.82) is 0 Å². The van der Waals surface area contributed by atoms with Crippen LogP contribution in [0.4, 0.5) is 0 Å². The molecule has 0 aliphatic carbocycles. The van der Waals surface area contributed by atoms with Crippen molar-refractivity contribution < 1.29 is 8.42 Å². The molecule has 1 unspecified atom stereocenters. The first kappa shape index (κ1) is 21.2. The smallest absolute Gasteiger partial charge is 0.208 e. The van der Waals surface area contributed by atoms with Crippen LogP contribution in [0.25, 0.3) is 0 Å². The van der Waals surface area contributed by atoms with Crippen molar-refractivity contribution in [2.45, 2.75) is 19.3 Å². The van der Waals surface area contributed by atoms with Crippen LogP contribution in [0.3, 0.4) is 0 Å². The van der Waals surface area contributed by atoms with Gasteiger partial charge in [-0.05, 0) is 18.9 Å². The lowest BCUT2D eigenvalue weighted by Crippen LogP contribution is -2.40. The number of guanidine groups is 1. The Morgan fingerprint density at radius 1 is 1.50 bits per heavy atom. The zero-order valence-electron chi connectivity index (χ0n) is 14.4. The number of aliphatic imine (C=N–C) groups is 1. The average Bonchev–Trinajstić information content (AvgIpc) is 3.10. The molecule has 2 heterocycles. The summed E-state index contributed by atoms with van der Waals surface area (Å²) in [6, 6.07) is 0. The standard InChI is InChI=1S/C14H26N6O2S.HI/c1-4-15-14(16-6-7-18-23(3,21)22)20-8-5-12(11-20)13-9-17-19(2)10-13;/h9-10,12,18H,4-8,11H2,1-3H3,(H,15,16);1H. The fourth-order valence-corrected chi connectivity index (χ4v) is 3.16. The molecule has 0 spiro atoms. The fraction of sp³-hybridized carbons (Fsp3) is 0.714. The van der Waals surface area contributed by atoms with Crippen molar-refractivity contribution in [3.05, 3.63) is 18.0 Å². The first-order valence-electron chi connectivity index (χ1n) is 7.85. The summed E-state index contributed by atoms with van der Waals surface area (Å²) in [7, 11) is -1.23. The van der Waals surface area contributed by atoms with Crippen molar-refractivity contribution in [2.75, 3.05) is 39.0 Å². The van der Waals surface area contributed by atoms with Crippen molar-refractivity contribution in [3.63, 3.8) is 0 Å². The van der Waals surface area contributed by atoms with Gasteiger partial charge in [-0.2, -0.15) is 5.10 Å². The number of halogens is 1. The molecule has 1 saturated heterocycles. The van der Waals surface area contributed by atoms with Crippen LogP contribution in [-0.4, -0.2) is 68.0 Å². The highest BCUT2D eigenvalue weighted by Crippen LogP contribution is 2.26. The molecule has 2 rings (SSSR count). The van der Waals surface area contributed by atoms with E-state index in [1.165, 1.54) is 5.56 Å². The maximum Gasteiger partial charge on any atom is 0.208 e. The monoisotopic (exact) mass is 470 g/mol. The number of likely N-dealkylation sites (tertiary alicyclic amines) is 1. The average molecular weight is 470 g/mol. The summed E-state index contributed by atoms with van der Waals surface area (Å²) in [6.07, 6.45) is 6.21. The van der Waals surface area contributed by atoms with Gasteiger partial charge in [0, 0.05) is 45.3 Å². The summed E-state index contributed by atoms with van der Waals surface area (Å²) in [6.45, 7) is 5.38. The predicted molar refractivity (Wildman–Crippen MR) is 106 cm³/mol. The maximum absolute atomic E-state index is 11.1. The molecule has 0 radical (unpaired) electrons. The van der Waals surface area contributed by atoms with E-state index in [-0.39, 0.29) is 24.0 Å². The third kappa shape index (κ3) is 6.55. The van der Waals surface area contributed by atoms with Crippen molar-refractivity contribution in [2.24, 2.45) is 12.0 Å². The first-order chi connectivity index (χ1) is 10.9. The molecule has 1 fully saturated rings. The second kappa shape index (κ2) is 9.56. The number of aromatic nitrogens is 2. The number of rotatable bonds is 6. The Hall–Kier alpha value is -0.880. The maximum atomic E-state index is 11.1. The highest BCUT2D eigenvalue weighted by Gasteiger charge is 2.26. The van der Waals surface area contributed by atoms with Crippen molar-refractivity contribution in [3.8, 4) is 0 Å². The van der Waals surface area contributed by atoms with Gasteiger partial charge in [-0.1, -0.05) is 0 Å². The van der Waals surface area contributed by atoms with Crippen LogP contribution >= 0.6 is 24.0 Å². The summed E-state index contributed by atoms with van der Waals surface area (Å²) >= 11 is 0. The highest BCUT2D eigenvalue weighted by atomic mass is 127. The molecule has 1 atom stereocenters. The van der Waals surface area contributed by atoms with Gasteiger partial charge in [-0.25, -0.2) is 13.1 Å². The van der Waals surface area contributed by atoms with Crippen LogP contribution < -0.4 is 10.0 Å². The Bertz CT molecular complexity index is 645. The van der Waals surface area contributed by atoms with Gasteiger partial charge >= 0.3 is 0 Å². The molecule has 0 bridgehead atoms. The second-order valence-electron chi connectivity index (χ2n) is 5.78. The zero-order chi connectivity index (χ0) is 16.9. The lowest BCUT2D eigenvalue weighted by Gasteiger charge is -2.21. The van der Waals surface area contributed by atoms with E-state index in [1.807, 2.05) is 24.9 Å². The van der Waals surface area contributed by atoms with Crippen LogP contribution in [0.2, 0.25) is 0 Å². The fourth-order valence-electron chi connectivity index (χ4n) is 2.69. The van der Waals surface area contributed by atoms with Gasteiger partial charge in [0.1, 0.15) is 0 Å². The van der Waals surface area contributed by atoms with Gasteiger partial charge in [-0.15, -0.1) is 24.0 Å². The van der Waals surface area contributed by atoms with E-state index in [9.17, 15) is 8.42 Å². The Labute approximate surface area is 161 Å². The summed E-state index contributed by atoms with van der Waals surface area (Å²) in [5.74, 6) is 1.30. The van der Waals surface area contributed by atoms with E-state index in [2.05, 4.69) is 31.2 Å². The van der Waals surface area contributed by atoms with Crippen LogP contribution in [0.5, 0.6) is 0 Å². The molecule has 0 aromatic carbocycles. The molecule has 2 N–H and O–H groups in total. The minimum absolute atomic E-state index is 0. The molecule has 8 nitrogen and oxygen atoms in total. The number of nitrogens with one attached hydrogen (secondary N) is 2. The van der Waals surface area contributed by atoms with Crippen molar-refractivity contribution in [1.82, 2.24) is 24.7 Å². The van der Waals surface area contributed by atoms with Gasteiger partial charge in [-0.3, -0.25) is 9.67 Å². The molecular formula is C14H27IN6O2S. The Morgan fingerprint density at radius 2 is 2.25 bits per heavy atom. The Morgan fingerprint density at radius 3 is 2.83 bits per heavy atom. The van der Waals surface area contributed by atoms with Crippen LogP contribution in [0, 0.1) is 0 Å². The molecule has 1 aliphatic rings. The third-order valence-electron chi connectivity index (χ3n) is 3.76. The summed E-state index contributed by atoms with van der Waals surface area (Å²) in [5, 5.41) is 7.52. The number of aryl methyl sites for hydroxylation is 1. The van der Waals surface area contributed by atoms with Gasteiger partial charge < -0.3 is 10.2 Å². The van der Waals surface area contributed by atoms with E-state index in [0.717, 1.165) is 38.3 Å². The van der Waals surface area contributed by atoms with Gasteiger partial charge in [0.15, 0.2) is 5.96 Å². The molecule has 1 aromatic heterocycles. The normalized spacial score (nSPS) is 18.5. The molecule has 24 heavy (non-hydrogen) atoms. The molecule has 0 saturated carbocycles. The van der Waals surface area contributed by atoms with Gasteiger partial charge in [0.05, 0.1) is 19.0 Å². The number of nitrogens with zero attached hydrogens (tertiary/aromatic N) is 4. The highest BCUT2D eigenvalue weighted by molar-refractivity contribution is 14.0. The lowest BCUT2D eigenvalue weighted by atomic mass is 10.0. The summed E-state index contributed by atoms with van der Waals surface area (Å²) in [4.78, 5) is 6.74. The Kier molecular flexibility index (Phi) is 8.43. The molecule has 10 heteroatoms. The molecule has 1 aromatic rings. The molecule has 138 valence electrons. The van der Waals surface area contributed by atoms with Gasteiger partial charge in [0.2, 0.25) is 10.0 Å². The predicted octanol–water partition coefficient (Wildman–Crippen LogP) is 0.342. The van der Waals surface area contributed by atoms with E-state index in [0.29, 0.717) is 19.0 Å². The van der Waals surface area contributed by atoms with Crippen LogP contribution in [-0.2, 0) is 17.1 Å². The van der Waals surface area contributed by atoms with E-state index < -0.39 is 10.0 Å². The van der Waals surface area contributed by atoms with E-state index in [1.54, 1.807) is 0 Å².